The minimum atomic E-state index is -0.110. The Hall–Kier alpha value is -2.66. The van der Waals surface area contributed by atoms with Gasteiger partial charge in [-0.25, -0.2) is 0 Å². The van der Waals surface area contributed by atoms with E-state index >= 15 is 0 Å². The Morgan fingerprint density at radius 1 is 1.17 bits per heavy atom. The first-order chi connectivity index (χ1) is 11.7. The van der Waals surface area contributed by atoms with Crippen LogP contribution in [0.25, 0.3) is 0 Å². The van der Waals surface area contributed by atoms with Gasteiger partial charge in [0.1, 0.15) is 0 Å². The summed E-state index contributed by atoms with van der Waals surface area (Å²) in [4.78, 5) is 24.0. The van der Waals surface area contributed by atoms with Gasteiger partial charge in [-0.1, -0.05) is 18.2 Å². The summed E-state index contributed by atoms with van der Waals surface area (Å²) in [6, 6.07) is 13.2. The largest absolute Gasteiger partial charge is 0.326 e. The van der Waals surface area contributed by atoms with Gasteiger partial charge in [-0.3, -0.25) is 9.59 Å². The highest BCUT2D eigenvalue weighted by Gasteiger charge is 2.16. The second-order valence-corrected chi connectivity index (χ2v) is 5.88. The molecule has 1 heterocycles. The minimum absolute atomic E-state index is 0.0396. The van der Waals surface area contributed by atoms with E-state index in [0.29, 0.717) is 18.4 Å². The summed E-state index contributed by atoms with van der Waals surface area (Å²) < 4.78 is 0. The lowest BCUT2D eigenvalue weighted by Gasteiger charge is -2.18. The van der Waals surface area contributed by atoms with Crippen molar-refractivity contribution in [2.24, 2.45) is 0 Å². The SMILES string of the molecule is CNCCc1ccccc1C(=O)Nc1ccc2c(c1)CCC(=O)N2. The molecule has 3 N–H and O–H groups in total. The first-order valence-corrected chi connectivity index (χ1v) is 8.14. The van der Waals surface area contributed by atoms with Gasteiger partial charge in [0.25, 0.3) is 5.91 Å². The van der Waals surface area contributed by atoms with Crippen LogP contribution in [0.4, 0.5) is 11.4 Å². The Bertz CT molecular complexity index is 771. The third-order valence-corrected chi connectivity index (χ3v) is 4.16. The normalized spacial score (nSPS) is 13.1. The van der Waals surface area contributed by atoms with Gasteiger partial charge in [0.05, 0.1) is 0 Å². The van der Waals surface area contributed by atoms with Gasteiger partial charge in [0, 0.05) is 23.4 Å². The predicted octanol–water partition coefficient (Wildman–Crippen LogP) is 2.59. The number of rotatable bonds is 5. The molecule has 3 rings (SSSR count). The molecule has 0 fully saturated rings. The molecule has 0 aliphatic carbocycles. The molecule has 5 heteroatoms. The predicted molar refractivity (Wildman–Crippen MR) is 95.4 cm³/mol. The Morgan fingerprint density at radius 2 is 2.00 bits per heavy atom. The maximum atomic E-state index is 12.6. The average Bonchev–Trinajstić information content (AvgIpc) is 2.60. The van der Waals surface area contributed by atoms with Crippen LogP contribution in [0, 0.1) is 0 Å². The van der Waals surface area contributed by atoms with Crippen molar-refractivity contribution >= 4 is 23.2 Å². The number of aryl methyl sites for hydroxylation is 1. The lowest BCUT2D eigenvalue weighted by Crippen LogP contribution is -2.20. The second-order valence-electron chi connectivity index (χ2n) is 5.88. The van der Waals surface area contributed by atoms with Crippen LogP contribution in [0.1, 0.15) is 27.9 Å². The standard InChI is InChI=1S/C19H21N3O2/c1-20-11-10-13-4-2-3-5-16(13)19(24)21-15-7-8-17-14(12-15)6-9-18(23)22-17/h2-5,7-8,12,20H,6,9-11H2,1H3,(H,21,24)(H,22,23). The molecule has 2 aromatic carbocycles. The van der Waals surface area contributed by atoms with Crippen LogP contribution in [0.2, 0.25) is 0 Å². The number of carbonyl (C=O) groups is 2. The van der Waals surface area contributed by atoms with E-state index in [1.807, 2.05) is 49.5 Å². The summed E-state index contributed by atoms with van der Waals surface area (Å²) >= 11 is 0. The van der Waals surface area contributed by atoms with E-state index in [2.05, 4.69) is 16.0 Å². The van der Waals surface area contributed by atoms with Crippen molar-refractivity contribution in [3.8, 4) is 0 Å². The number of nitrogens with one attached hydrogen (secondary N) is 3. The topological polar surface area (TPSA) is 70.2 Å². The van der Waals surface area contributed by atoms with Gasteiger partial charge in [0.2, 0.25) is 5.91 Å². The van der Waals surface area contributed by atoms with Gasteiger partial charge in [0.15, 0.2) is 0 Å². The summed E-state index contributed by atoms with van der Waals surface area (Å²) in [7, 11) is 1.90. The number of hydrogen-bond donors (Lipinski definition) is 3. The third-order valence-electron chi connectivity index (χ3n) is 4.16. The first-order valence-electron chi connectivity index (χ1n) is 8.14. The van der Waals surface area contributed by atoms with E-state index in [-0.39, 0.29) is 11.8 Å². The molecule has 0 spiro atoms. The molecule has 0 radical (unpaired) electrons. The first kappa shape index (κ1) is 16.2. The summed E-state index contributed by atoms with van der Waals surface area (Å²) in [6.07, 6.45) is 1.98. The van der Waals surface area contributed by atoms with Crippen LogP contribution in [0.3, 0.4) is 0 Å². The van der Waals surface area contributed by atoms with E-state index in [0.717, 1.165) is 35.5 Å². The number of hydrogen-bond acceptors (Lipinski definition) is 3. The molecule has 124 valence electrons. The fourth-order valence-corrected chi connectivity index (χ4v) is 2.88. The zero-order valence-corrected chi connectivity index (χ0v) is 13.7. The van der Waals surface area contributed by atoms with Crippen molar-refractivity contribution in [1.29, 1.82) is 0 Å². The maximum absolute atomic E-state index is 12.6. The number of carbonyl (C=O) groups excluding carboxylic acids is 2. The van der Waals surface area contributed by atoms with Crippen LogP contribution in [-0.2, 0) is 17.6 Å². The number of anilines is 2. The Kier molecular flexibility index (Phi) is 4.91. The van der Waals surface area contributed by atoms with Crippen molar-refractivity contribution in [1.82, 2.24) is 5.32 Å². The molecule has 2 aromatic rings. The molecule has 0 bridgehead atoms. The van der Waals surface area contributed by atoms with Gasteiger partial charge in [-0.05, 0) is 61.8 Å². The Balaban J connectivity index is 1.77. The lowest BCUT2D eigenvalue weighted by molar-refractivity contribution is -0.116. The van der Waals surface area contributed by atoms with Gasteiger partial charge >= 0.3 is 0 Å². The van der Waals surface area contributed by atoms with E-state index in [9.17, 15) is 9.59 Å². The molecule has 0 aromatic heterocycles. The van der Waals surface area contributed by atoms with Gasteiger partial charge in [-0.2, -0.15) is 0 Å². The highest BCUT2D eigenvalue weighted by molar-refractivity contribution is 6.05. The zero-order valence-electron chi connectivity index (χ0n) is 13.7. The minimum Gasteiger partial charge on any atom is -0.326 e. The molecule has 24 heavy (non-hydrogen) atoms. The summed E-state index contributed by atoms with van der Waals surface area (Å²) in [5, 5.41) is 8.91. The van der Waals surface area contributed by atoms with Crippen LogP contribution < -0.4 is 16.0 Å². The van der Waals surface area contributed by atoms with Crippen LogP contribution in [0.15, 0.2) is 42.5 Å². The van der Waals surface area contributed by atoms with Gasteiger partial charge in [-0.15, -0.1) is 0 Å². The van der Waals surface area contributed by atoms with E-state index < -0.39 is 0 Å². The average molecular weight is 323 g/mol. The van der Waals surface area contributed by atoms with Crippen LogP contribution in [-0.4, -0.2) is 25.4 Å². The molecular formula is C19H21N3O2. The third kappa shape index (κ3) is 3.63. The fraction of sp³-hybridized carbons (Fsp3) is 0.263. The molecular weight excluding hydrogens is 302 g/mol. The quantitative estimate of drug-likeness (QED) is 0.792. The molecule has 1 aliphatic heterocycles. The van der Waals surface area contributed by atoms with E-state index in [1.54, 1.807) is 0 Å². The van der Waals surface area contributed by atoms with Crippen molar-refractivity contribution < 1.29 is 9.59 Å². The fourth-order valence-electron chi connectivity index (χ4n) is 2.88. The van der Waals surface area contributed by atoms with E-state index in [1.165, 1.54) is 0 Å². The second kappa shape index (κ2) is 7.27. The van der Waals surface area contributed by atoms with Crippen molar-refractivity contribution in [3.63, 3.8) is 0 Å². The van der Waals surface area contributed by atoms with Crippen molar-refractivity contribution in [2.75, 3.05) is 24.2 Å². The Morgan fingerprint density at radius 3 is 2.83 bits per heavy atom. The molecule has 1 aliphatic rings. The highest BCUT2D eigenvalue weighted by Crippen LogP contribution is 2.26. The number of likely N-dealkylation sites (N-methyl/N-ethyl adjacent to an activating group) is 1. The van der Waals surface area contributed by atoms with Crippen molar-refractivity contribution in [3.05, 3.63) is 59.2 Å². The molecule has 0 unspecified atom stereocenters. The van der Waals surface area contributed by atoms with Crippen LogP contribution in [0.5, 0.6) is 0 Å². The molecule has 0 saturated heterocycles. The Labute approximate surface area is 141 Å². The number of amides is 2. The monoisotopic (exact) mass is 323 g/mol. The maximum Gasteiger partial charge on any atom is 0.255 e. The molecule has 0 atom stereocenters. The lowest BCUT2D eigenvalue weighted by atomic mass is 10.0. The summed E-state index contributed by atoms with van der Waals surface area (Å²) in [5.41, 5.74) is 4.35. The highest BCUT2D eigenvalue weighted by atomic mass is 16.2. The molecule has 0 saturated carbocycles. The summed E-state index contributed by atoms with van der Waals surface area (Å²) in [5.74, 6) is -0.0701. The molecule has 5 nitrogen and oxygen atoms in total. The number of fused-ring (bicyclic) bond motifs is 1. The van der Waals surface area contributed by atoms with Gasteiger partial charge < -0.3 is 16.0 Å². The summed E-state index contributed by atoms with van der Waals surface area (Å²) in [6.45, 7) is 0.822. The molecule has 2 amide bonds. The van der Waals surface area contributed by atoms with Crippen molar-refractivity contribution in [2.45, 2.75) is 19.3 Å². The zero-order chi connectivity index (χ0) is 16.9. The smallest absolute Gasteiger partial charge is 0.255 e. The number of benzene rings is 2. The van der Waals surface area contributed by atoms with E-state index in [4.69, 9.17) is 0 Å². The van der Waals surface area contributed by atoms with Crippen LogP contribution >= 0.6 is 0 Å².